The lowest BCUT2D eigenvalue weighted by atomic mass is 10.1. The quantitative estimate of drug-likeness (QED) is 0.628. The number of nitrogens with one attached hydrogen (secondary N) is 1. The highest BCUT2D eigenvalue weighted by Crippen LogP contribution is 2.27. The van der Waals surface area contributed by atoms with E-state index in [0.29, 0.717) is 11.1 Å². The number of benzene rings is 1. The van der Waals surface area contributed by atoms with Crippen molar-refractivity contribution in [3.8, 4) is 11.3 Å². The third-order valence-corrected chi connectivity index (χ3v) is 4.78. The van der Waals surface area contributed by atoms with Crippen LogP contribution in [-0.2, 0) is 5.75 Å². The Kier molecular flexibility index (Phi) is 5.59. The number of aromatic nitrogens is 2. The molecule has 0 spiro atoms. The van der Waals surface area contributed by atoms with Crippen LogP contribution in [-0.4, -0.2) is 15.2 Å². The van der Waals surface area contributed by atoms with Crippen LogP contribution in [0.2, 0.25) is 0 Å². The molecule has 112 valence electrons. The predicted molar refractivity (Wildman–Crippen MR) is 91.1 cm³/mol. The summed E-state index contributed by atoms with van der Waals surface area (Å²) in [5.74, 6) is 7.91. The second-order valence-electron chi connectivity index (χ2n) is 5.00. The Hall–Kier alpha value is -1.59. The van der Waals surface area contributed by atoms with Gasteiger partial charge in [0.1, 0.15) is 11.6 Å². The van der Waals surface area contributed by atoms with Crippen LogP contribution >= 0.6 is 11.8 Å². The number of anilines is 1. The molecule has 1 aromatic carbocycles. The number of hydrogen-bond donors (Lipinski definition) is 2. The first-order chi connectivity index (χ1) is 10.2. The molecule has 0 aliphatic carbocycles. The molecule has 0 bridgehead atoms. The smallest absolute Gasteiger partial charge is 0.147 e. The SMILES string of the molecule is CCC(C)SCc1nc(NN)c(C)c(-c2ccccc2)n1. The van der Waals surface area contributed by atoms with Gasteiger partial charge in [0, 0.05) is 16.4 Å². The van der Waals surface area contributed by atoms with Gasteiger partial charge in [-0.3, -0.25) is 0 Å². The molecule has 0 radical (unpaired) electrons. The van der Waals surface area contributed by atoms with Crippen LogP contribution < -0.4 is 11.3 Å². The van der Waals surface area contributed by atoms with E-state index in [1.807, 2.05) is 36.9 Å². The third kappa shape index (κ3) is 3.95. The van der Waals surface area contributed by atoms with Crippen LogP contribution in [0.4, 0.5) is 5.82 Å². The van der Waals surface area contributed by atoms with Crippen molar-refractivity contribution in [2.45, 2.75) is 38.2 Å². The minimum absolute atomic E-state index is 0.601. The molecule has 21 heavy (non-hydrogen) atoms. The minimum atomic E-state index is 0.601. The maximum atomic E-state index is 5.60. The number of thioether (sulfide) groups is 1. The van der Waals surface area contributed by atoms with Gasteiger partial charge in [0.25, 0.3) is 0 Å². The number of nitrogens with two attached hydrogens (primary N) is 1. The van der Waals surface area contributed by atoms with Crippen molar-refractivity contribution in [1.29, 1.82) is 0 Å². The van der Waals surface area contributed by atoms with Crippen LogP contribution in [0.5, 0.6) is 0 Å². The topological polar surface area (TPSA) is 63.8 Å². The van der Waals surface area contributed by atoms with Gasteiger partial charge in [-0.1, -0.05) is 44.2 Å². The molecule has 5 heteroatoms. The fourth-order valence-electron chi connectivity index (χ4n) is 1.98. The maximum absolute atomic E-state index is 5.60. The van der Waals surface area contributed by atoms with E-state index >= 15 is 0 Å². The number of hydrazine groups is 1. The largest absolute Gasteiger partial charge is 0.308 e. The maximum Gasteiger partial charge on any atom is 0.147 e. The Balaban J connectivity index is 2.35. The molecular weight excluding hydrogens is 280 g/mol. The second kappa shape index (κ2) is 7.43. The zero-order valence-electron chi connectivity index (χ0n) is 12.8. The van der Waals surface area contributed by atoms with Gasteiger partial charge in [-0.2, -0.15) is 11.8 Å². The molecule has 1 heterocycles. The van der Waals surface area contributed by atoms with Gasteiger partial charge in [0.15, 0.2) is 0 Å². The first-order valence-electron chi connectivity index (χ1n) is 7.16. The first kappa shape index (κ1) is 15.8. The van der Waals surface area contributed by atoms with Gasteiger partial charge in [-0.05, 0) is 13.3 Å². The molecule has 0 saturated heterocycles. The normalized spacial score (nSPS) is 12.2. The van der Waals surface area contributed by atoms with Crippen molar-refractivity contribution in [2.75, 3.05) is 5.43 Å². The highest BCUT2D eigenvalue weighted by Gasteiger charge is 2.12. The number of nitrogen functional groups attached to an aromatic ring is 1. The number of nitrogens with zero attached hydrogens (tertiary/aromatic N) is 2. The lowest BCUT2D eigenvalue weighted by Crippen LogP contribution is -2.13. The standard InChI is InChI=1S/C16H22N4S/c1-4-11(2)21-10-14-18-15(12(3)16(19-14)20-17)13-8-6-5-7-9-13/h5-9,11H,4,10,17H2,1-3H3,(H,18,19,20). The zero-order valence-corrected chi connectivity index (χ0v) is 13.6. The number of hydrogen-bond acceptors (Lipinski definition) is 5. The summed E-state index contributed by atoms with van der Waals surface area (Å²) in [7, 11) is 0. The Morgan fingerprint density at radius 1 is 1.24 bits per heavy atom. The number of rotatable bonds is 6. The summed E-state index contributed by atoms with van der Waals surface area (Å²) in [6.07, 6.45) is 1.14. The molecule has 0 saturated carbocycles. The monoisotopic (exact) mass is 302 g/mol. The molecule has 0 aliphatic rings. The summed E-state index contributed by atoms with van der Waals surface area (Å²) < 4.78 is 0. The van der Waals surface area contributed by atoms with E-state index in [2.05, 4.69) is 36.4 Å². The average molecular weight is 302 g/mol. The molecule has 3 N–H and O–H groups in total. The molecule has 1 aromatic heterocycles. The van der Waals surface area contributed by atoms with Crippen LogP contribution in [0.3, 0.4) is 0 Å². The summed E-state index contributed by atoms with van der Waals surface area (Å²) in [5.41, 5.74) is 5.69. The van der Waals surface area contributed by atoms with Gasteiger partial charge >= 0.3 is 0 Å². The van der Waals surface area contributed by atoms with Gasteiger partial charge in [0.2, 0.25) is 0 Å². The Labute approximate surface area is 130 Å². The second-order valence-corrected chi connectivity index (χ2v) is 6.43. The van der Waals surface area contributed by atoms with Crippen molar-refractivity contribution >= 4 is 17.6 Å². The van der Waals surface area contributed by atoms with Gasteiger partial charge in [-0.15, -0.1) is 0 Å². The van der Waals surface area contributed by atoms with Gasteiger partial charge in [-0.25, -0.2) is 15.8 Å². The highest BCUT2D eigenvalue weighted by atomic mass is 32.2. The molecule has 0 amide bonds. The zero-order chi connectivity index (χ0) is 15.2. The molecule has 1 unspecified atom stereocenters. The van der Waals surface area contributed by atoms with Crippen molar-refractivity contribution in [1.82, 2.24) is 9.97 Å². The van der Waals surface area contributed by atoms with E-state index in [4.69, 9.17) is 10.8 Å². The average Bonchev–Trinajstić information content (AvgIpc) is 2.54. The van der Waals surface area contributed by atoms with Crippen molar-refractivity contribution in [3.63, 3.8) is 0 Å². The van der Waals surface area contributed by atoms with E-state index in [1.165, 1.54) is 0 Å². The van der Waals surface area contributed by atoms with E-state index in [0.717, 1.165) is 34.8 Å². The van der Waals surface area contributed by atoms with E-state index < -0.39 is 0 Å². The first-order valence-corrected chi connectivity index (χ1v) is 8.21. The highest BCUT2D eigenvalue weighted by molar-refractivity contribution is 7.99. The Bertz CT molecular complexity index is 586. The van der Waals surface area contributed by atoms with E-state index in [-0.39, 0.29) is 0 Å². The van der Waals surface area contributed by atoms with Crippen molar-refractivity contribution < 1.29 is 0 Å². The van der Waals surface area contributed by atoms with Gasteiger partial charge < -0.3 is 5.43 Å². The summed E-state index contributed by atoms with van der Waals surface area (Å²) in [5, 5.41) is 0.601. The molecule has 0 aliphatic heterocycles. The Morgan fingerprint density at radius 3 is 2.57 bits per heavy atom. The van der Waals surface area contributed by atoms with Crippen LogP contribution in [0, 0.1) is 6.92 Å². The fourth-order valence-corrected chi connectivity index (χ4v) is 2.78. The van der Waals surface area contributed by atoms with Crippen LogP contribution in [0.25, 0.3) is 11.3 Å². The van der Waals surface area contributed by atoms with Crippen LogP contribution in [0.1, 0.15) is 31.7 Å². The molecule has 2 aromatic rings. The third-order valence-electron chi connectivity index (χ3n) is 3.45. The Morgan fingerprint density at radius 2 is 1.95 bits per heavy atom. The summed E-state index contributed by atoms with van der Waals surface area (Å²) in [4.78, 5) is 9.25. The lowest BCUT2D eigenvalue weighted by Gasteiger charge is -2.13. The molecule has 0 fully saturated rings. The predicted octanol–water partition coefficient (Wildman–Crippen LogP) is 3.77. The van der Waals surface area contributed by atoms with Crippen molar-refractivity contribution in [2.24, 2.45) is 5.84 Å². The molecule has 1 atom stereocenters. The molecular formula is C16H22N4S. The lowest BCUT2D eigenvalue weighted by molar-refractivity contribution is 0.900. The summed E-state index contributed by atoms with van der Waals surface area (Å²) in [6, 6.07) is 10.1. The van der Waals surface area contributed by atoms with Crippen LogP contribution in [0.15, 0.2) is 30.3 Å². The summed E-state index contributed by atoms with van der Waals surface area (Å²) in [6.45, 7) is 6.40. The van der Waals surface area contributed by atoms with E-state index in [9.17, 15) is 0 Å². The molecule has 2 rings (SSSR count). The van der Waals surface area contributed by atoms with E-state index in [1.54, 1.807) is 0 Å². The summed E-state index contributed by atoms with van der Waals surface area (Å²) >= 11 is 1.86. The molecule has 4 nitrogen and oxygen atoms in total. The van der Waals surface area contributed by atoms with Crippen molar-refractivity contribution in [3.05, 3.63) is 41.7 Å². The fraction of sp³-hybridized carbons (Fsp3) is 0.375. The van der Waals surface area contributed by atoms with Gasteiger partial charge in [0.05, 0.1) is 11.4 Å². The minimum Gasteiger partial charge on any atom is -0.308 e.